The van der Waals surface area contributed by atoms with E-state index in [1.165, 1.54) is 13.5 Å². The zero-order valence-corrected chi connectivity index (χ0v) is 20.7. The van der Waals surface area contributed by atoms with E-state index >= 15 is 0 Å². The fraction of sp³-hybridized carbons (Fsp3) is 0.269. The van der Waals surface area contributed by atoms with E-state index in [0.717, 1.165) is 5.56 Å². The number of nitrogens with zero attached hydrogens (tertiary/aromatic N) is 2. The summed E-state index contributed by atoms with van der Waals surface area (Å²) >= 11 is 0. The second-order valence-electron chi connectivity index (χ2n) is 8.87. The monoisotopic (exact) mass is 505 g/mol. The third-order valence-corrected chi connectivity index (χ3v) is 5.14. The summed E-state index contributed by atoms with van der Waals surface area (Å²) in [6, 6.07) is 13.2. The third kappa shape index (κ3) is 8.10. The number of nitrogens with one attached hydrogen (secondary N) is 3. The Kier molecular flexibility index (Phi) is 8.83. The lowest BCUT2D eigenvalue weighted by atomic mass is 9.89. The number of Topliss-reactive ketones (excluding diaryl/α,β-unsaturated/α-hetero) is 1. The van der Waals surface area contributed by atoms with Gasteiger partial charge in [0, 0.05) is 35.8 Å². The zero-order valence-electron chi connectivity index (χ0n) is 20.7. The summed E-state index contributed by atoms with van der Waals surface area (Å²) in [6.45, 7) is 3.61. The number of oxazole rings is 1. The summed E-state index contributed by atoms with van der Waals surface area (Å²) in [6.07, 6.45) is 2.23. The van der Waals surface area contributed by atoms with E-state index in [4.69, 9.17) is 19.2 Å². The molecule has 0 aliphatic carbocycles. The molecule has 0 spiro atoms. The van der Waals surface area contributed by atoms with Gasteiger partial charge in [0.1, 0.15) is 11.8 Å². The van der Waals surface area contributed by atoms with Crippen molar-refractivity contribution in [3.8, 4) is 23.1 Å². The second-order valence-corrected chi connectivity index (χ2v) is 8.87. The van der Waals surface area contributed by atoms with Crippen LogP contribution in [0, 0.1) is 16.7 Å². The topological polar surface area (TPSA) is 156 Å². The molecule has 0 unspecified atom stereocenters. The van der Waals surface area contributed by atoms with Gasteiger partial charge >= 0.3 is 12.1 Å². The number of alkyl carbamates (subject to hydrolysis) is 1. The number of anilines is 2. The van der Waals surface area contributed by atoms with Crippen LogP contribution in [0.1, 0.15) is 25.8 Å². The number of ketones is 1. The van der Waals surface area contributed by atoms with Crippen molar-refractivity contribution in [1.29, 1.82) is 5.26 Å². The summed E-state index contributed by atoms with van der Waals surface area (Å²) in [5, 5.41) is 16.8. The number of carbonyl (C=O) groups excluding carboxylic acids is 3. The summed E-state index contributed by atoms with van der Waals surface area (Å²) in [4.78, 5) is 39.8. The van der Waals surface area contributed by atoms with Gasteiger partial charge in [-0.1, -0.05) is 26.0 Å². The molecule has 11 nitrogen and oxygen atoms in total. The highest BCUT2D eigenvalue weighted by atomic mass is 16.5. The first kappa shape index (κ1) is 26.7. The number of ether oxygens (including phenoxy) is 2. The average molecular weight is 506 g/mol. The maximum Gasteiger partial charge on any atom is 0.407 e. The molecule has 192 valence electrons. The molecular weight excluding hydrogens is 478 g/mol. The Bertz CT molecular complexity index is 1300. The Morgan fingerprint density at radius 2 is 1.86 bits per heavy atom. The maximum absolute atomic E-state index is 12.5. The minimum Gasteiger partial charge on any atom is -0.496 e. The highest BCUT2D eigenvalue weighted by molar-refractivity contribution is 6.00. The summed E-state index contributed by atoms with van der Waals surface area (Å²) < 4.78 is 15.9. The SMILES string of the molecule is COc1cc(NC(=O)Nc2cccc(CNC(=O)OCC(C)(C)CC(=O)C#N)c2)ccc1-c1cnco1. The quantitative estimate of drug-likeness (QED) is 0.334. The molecule has 0 atom stereocenters. The number of aromatic nitrogens is 1. The first-order valence-corrected chi connectivity index (χ1v) is 11.3. The van der Waals surface area contributed by atoms with Crippen molar-refractivity contribution in [3.05, 3.63) is 60.6 Å². The lowest BCUT2D eigenvalue weighted by Gasteiger charge is -2.22. The first-order valence-electron chi connectivity index (χ1n) is 11.3. The number of benzene rings is 2. The number of amides is 3. The maximum atomic E-state index is 12.5. The van der Waals surface area contributed by atoms with Gasteiger partial charge in [-0.15, -0.1) is 0 Å². The Labute approximate surface area is 213 Å². The number of rotatable bonds is 10. The van der Waals surface area contributed by atoms with Gasteiger partial charge in [0.05, 0.1) is 25.5 Å². The molecule has 0 bridgehead atoms. The number of urea groups is 1. The van der Waals surface area contributed by atoms with E-state index in [1.54, 1.807) is 68.6 Å². The van der Waals surface area contributed by atoms with Crippen LogP contribution >= 0.6 is 0 Å². The van der Waals surface area contributed by atoms with Gasteiger partial charge in [0.25, 0.3) is 0 Å². The van der Waals surface area contributed by atoms with E-state index in [1.807, 2.05) is 0 Å². The first-order chi connectivity index (χ1) is 17.7. The minimum absolute atomic E-state index is 0.00898. The molecule has 3 N–H and O–H groups in total. The van der Waals surface area contributed by atoms with Crippen LogP contribution in [0.15, 0.2) is 59.5 Å². The van der Waals surface area contributed by atoms with Gasteiger partial charge in [-0.25, -0.2) is 14.6 Å². The molecule has 37 heavy (non-hydrogen) atoms. The van der Waals surface area contributed by atoms with Crippen LogP contribution in [0.3, 0.4) is 0 Å². The Morgan fingerprint density at radius 3 is 2.54 bits per heavy atom. The number of methoxy groups -OCH3 is 1. The van der Waals surface area contributed by atoms with Gasteiger partial charge in [0.15, 0.2) is 12.2 Å². The summed E-state index contributed by atoms with van der Waals surface area (Å²) in [5.74, 6) is 0.486. The van der Waals surface area contributed by atoms with Crippen molar-refractivity contribution in [2.75, 3.05) is 24.4 Å². The van der Waals surface area contributed by atoms with Crippen LogP contribution in [-0.4, -0.2) is 36.6 Å². The molecule has 3 amide bonds. The largest absolute Gasteiger partial charge is 0.496 e. The van der Waals surface area contributed by atoms with Crippen molar-refractivity contribution < 1.29 is 28.3 Å². The molecular formula is C26H27N5O6. The Balaban J connectivity index is 1.51. The molecule has 0 radical (unpaired) electrons. The van der Waals surface area contributed by atoms with Gasteiger partial charge in [0.2, 0.25) is 5.78 Å². The molecule has 0 saturated heterocycles. The van der Waals surface area contributed by atoms with Crippen molar-refractivity contribution >= 4 is 29.3 Å². The lowest BCUT2D eigenvalue weighted by molar-refractivity contribution is -0.116. The molecule has 11 heteroatoms. The Morgan fingerprint density at radius 1 is 1.11 bits per heavy atom. The van der Waals surface area contributed by atoms with Crippen LogP contribution in [0.2, 0.25) is 0 Å². The van der Waals surface area contributed by atoms with Crippen molar-refractivity contribution in [2.45, 2.75) is 26.8 Å². The van der Waals surface area contributed by atoms with E-state index < -0.39 is 23.3 Å². The van der Waals surface area contributed by atoms with Crippen molar-refractivity contribution in [1.82, 2.24) is 10.3 Å². The molecule has 1 aromatic heterocycles. The molecule has 2 aromatic carbocycles. The highest BCUT2D eigenvalue weighted by Crippen LogP contribution is 2.32. The van der Waals surface area contributed by atoms with E-state index in [2.05, 4.69) is 20.9 Å². The minimum atomic E-state index is -0.656. The van der Waals surface area contributed by atoms with E-state index in [-0.39, 0.29) is 19.6 Å². The fourth-order valence-electron chi connectivity index (χ4n) is 3.39. The van der Waals surface area contributed by atoms with Gasteiger partial charge in [-0.3, -0.25) is 4.79 Å². The zero-order chi connectivity index (χ0) is 26.8. The Hall–Kier alpha value is -4.85. The van der Waals surface area contributed by atoms with E-state index in [9.17, 15) is 14.4 Å². The third-order valence-electron chi connectivity index (χ3n) is 5.14. The van der Waals surface area contributed by atoms with Gasteiger partial charge < -0.3 is 29.8 Å². The average Bonchev–Trinajstić information content (AvgIpc) is 3.41. The van der Waals surface area contributed by atoms with Crippen LogP contribution in [-0.2, 0) is 16.1 Å². The summed E-state index contributed by atoms with van der Waals surface area (Å²) in [5.41, 5.74) is 1.81. The highest BCUT2D eigenvalue weighted by Gasteiger charge is 2.24. The predicted molar refractivity (Wildman–Crippen MR) is 135 cm³/mol. The van der Waals surface area contributed by atoms with Gasteiger partial charge in [-0.05, 0) is 29.8 Å². The molecule has 0 saturated carbocycles. The number of carbonyl (C=O) groups is 3. The summed E-state index contributed by atoms with van der Waals surface area (Å²) in [7, 11) is 1.52. The number of hydrogen-bond acceptors (Lipinski definition) is 8. The lowest BCUT2D eigenvalue weighted by Crippen LogP contribution is -2.30. The molecule has 1 heterocycles. The molecule has 3 rings (SSSR count). The number of hydrogen-bond donors (Lipinski definition) is 3. The second kappa shape index (κ2) is 12.2. The standard InChI is InChI=1S/C26H27N5O6/c1-26(2,11-20(32)12-27)15-36-25(34)29-13-17-5-4-6-18(9-17)30-24(33)31-19-7-8-21(22(10-19)35-3)23-14-28-16-37-23/h4-10,14,16H,11,13,15H2,1-3H3,(H,29,34)(H2,30,31,33). The van der Waals surface area contributed by atoms with Crippen molar-refractivity contribution in [2.24, 2.45) is 5.41 Å². The van der Waals surface area contributed by atoms with Crippen molar-refractivity contribution in [3.63, 3.8) is 0 Å². The molecule has 0 aliphatic rings. The normalized spacial score (nSPS) is 10.6. The predicted octanol–water partition coefficient (Wildman–Crippen LogP) is 4.73. The van der Waals surface area contributed by atoms with Crippen LogP contribution in [0.5, 0.6) is 5.75 Å². The fourth-order valence-corrected chi connectivity index (χ4v) is 3.39. The van der Waals surface area contributed by atoms with Crippen LogP contribution in [0.25, 0.3) is 11.3 Å². The van der Waals surface area contributed by atoms with Crippen LogP contribution in [0.4, 0.5) is 21.0 Å². The van der Waals surface area contributed by atoms with Gasteiger partial charge in [-0.2, -0.15) is 5.26 Å². The smallest absolute Gasteiger partial charge is 0.407 e. The van der Waals surface area contributed by atoms with Crippen LogP contribution < -0.4 is 20.7 Å². The molecule has 0 aliphatic heterocycles. The number of nitriles is 1. The molecule has 0 fully saturated rings. The molecule has 3 aromatic rings. The van der Waals surface area contributed by atoms with E-state index in [0.29, 0.717) is 28.4 Å².